The van der Waals surface area contributed by atoms with Crippen LogP contribution in [0.15, 0.2) is 11.1 Å². The SMILES string of the molecule is COC(=O)c1c(Cl)c(S(=O)(=O)NC2(C)CC(F)(F)C2)cn1C. The highest BCUT2D eigenvalue weighted by atomic mass is 35.5. The minimum absolute atomic E-state index is 0.131. The van der Waals surface area contributed by atoms with Crippen LogP contribution in [0.4, 0.5) is 8.78 Å². The fourth-order valence-electron chi connectivity index (χ4n) is 2.63. The summed E-state index contributed by atoms with van der Waals surface area (Å²) in [5.41, 5.74) is -1.37. The van der Waals surface area contributed by atoms with Crippen molar-refractivity contribution in [2.45, 2.75) is 36.1 Å². The van der Waals surface area contributed by atoms with E-state index in [9.17, 15) is 22.0 Å². The molecule has 1 aliphatic carbocycles. The van der Waals surface area contributed by atoms with Gasteiger partial charge < -0.3 is 9.30 Å². The molecule has 1 aromatic rings. The Morgan fingerprint density at radius 3 is 2.45 bits per heavy atom. The van der Waals surface area contributed by atoms with Gasteiger partial charge in [-0.05, 0) is 6.92 Å². The Bertz CT molecular complexity index is 722. The predicted octanol–water partition coefficient (Wildman–Crippen LogP) is 1.93. The summed E-state index contributed by atoms with van der Waals surface area (Å²) in [5, 5.41) is -0.309. The fourth-order valence-corrected chi connectivity index (χ4v) is 4.72. The second-order valence-electron chi connectivity index (χ2n) is 5.63. The largest absolute Gasteiger partial charge is 0.464 e. The molecule has 0 aliphatic heterocycles. The van der Waals surface area contributed by atoms with Crippen molar-refractivity contribution in [1.82, 2.24) is 9.29 Å². The summed E-state index contributed by atoms with van der Waals surface area (Å²) in [6.45, 7) is 1.39. The lowest BCUT2D eigenvalue weighted by Crippen LogP contribution is -2.60. The number of aromatic nitrogens is 1. The average Bonchev–Trinajstić information content (AvgIpc) is 2.61. The summed E-state index contributed by atoms with van der Waals surface area (Å²) in [6, 6.07) is 0. The monoisotopic (exact) mass is 356 g/mol. The summed E-state index contributed by atoms with van der Waals surface area (Å²) < 4.78 is 58.6. The van der Waals surface area contributed by atoms with Crippen LogP contribution < -0.4 is 4.72 Å². The molecular formula is C12H15ClF2N2O4S. The van der Waals surface area contributed by atoms with Crippen LogP contribution in [-0.4, -0.2) is 37.5 Å². The number of nitrogens with zero attached hydrogens (tertiary/aromatic N) is 1. The molecule has 1 aromatic heterocycles. The average molecular weight is 357 g/mol. The lowest BCUT2D eigenvalue weighted by atomic mass is 9.76. The summed E-state index contributed by atoms with van der Waals surface area (Å²) >= 11 is 5.94. The number of ether oxygens (including phenoxy) is 1. The Morgan fingerprint density at radius 2 is 2.00 bits per heavy atom. The van der Waals surface area contributed by atoms with E-state index in [2.05, 4.69) is 9.46 Å². The second-order valence-corrected chi connectivity index (χ2v) is 7.66. The minimum Gasteiger partial charge on any atom is -0.464 e. The topological polar surface area (TPSA) is 77.4 Å². The van der Waals surface area contributed by atoms with Crippen LogP contribution >= 0.6 is 11.6 Å². The molecule has 0 radical (unpaired) electrons. The van der Waals surface area contributed by atoms with Gasteiger partial charge in [0.05, 0.1) is 12.1 Å². The van der Waals surface area contributed by atoms with Crippen LogP contribution in [0, 0.1) is 0 Å². The Labute approximate surface area is 131 Å². The van der Waals surface area contributed by atoms with E-state index in [0.717, 1.165) is 13.3 Å². The highest BCUT2D eigenvalue weighted by molar-refractivity contribution is 7.89. The van der Waals surface area contributed by atoms with Crippen molar-refractivity contribution in [2.75, 3.05) is 7.11 Å². The number of aryl methyl sites for hydroxylation is 1. The second kappa shape index (κ2) is 5.17. The molecule has 1 heterocycles. The van der Waals surface area contributed by atoms with Gasteiger partial charge in [0.25, 0.3) is 5.92 Å². The third-order valence-corrected chi connectivity index (χ3v) is 5.58. The molecular weight excluding hydrogens is 342 g/mol. The zero-order chi connectivity index (χ0) is 16.9. The smallest absolute Gasteiger partial charge is 0.356 e. The van der Waals surface area contributed by atoms with E-state index in [0.29, 0.717) is 0 Å². The van der Waals surface area contributed by atoms with Crippen molar-refractivity contribution >= 4 is 27.6 Å². The highest BCUT2D eigenvalue weighted by Gasteiger charge is 2.55. The van der Waals surface area contributed by atoms with Crippen LogP contribution in [0.2, 0.25) is 5.02 Å². The molecule has 6 nitrogen and oxygen atoms in total. The lowest BCUT2D eigenvalue weighted by molar-refractivity contribution is -0.121. The van der Waals surface area contributed by atoms with Crippen molar-refractivity contribution in [3.63, 3.8) is 0 Å². The molecule has 1 saturated carbocycles. The van der Waals surface area contributed by atoms with Crippen LogP contribution in [0.1, 0.15) is 30.3 Å². The maximum Gasteiger partial charge on any atom is 0.356 e. The first kappa shape index (κ1) is 17.2. The van der Waals surface area contributed by atoms with Crippen molar-refractivity contribution in [1.29, 1.82) is 0 Å². The van der Waals surface area contributed by atoms with E-state index >= 15 is 0 Å². The first-order chi connectivity index (χ1) is 9.91. The molecule has 0 unspecified atom stereocenters. The van der Waals surface area contributed by atoms with Gasteiger partial charge in [0.1, 0.15) is 10.6 Å². The van der Waals surface area contributed by atoms with E-state index in [1.807, 2.05) is 0 Å². The van der Waals surface area contributed by atoms with Crippen molar-refractivity contribution in [2.24, 2.45) is 7.05 Å². The Balaban J connectivity index is 2.34. The number of hydrogen-bond donors (Lipinski definition) is 1. The van der Waals surface area contributed by atoms with Gasteiger partial charge in [0.2, 0.25) is 10.0 Å². The molecule has 2 rings (SSSR count). The Morgan fingerprint density at radius 1 is 1.45 bits per heavy atom. The molecule has 124 valence electrons. The first-order valence-electron chi connectivity index (χ1n) is 6.26. The minimum atomic E-state index is -4.15. The van der Waals surface area contributed by atoms with Gasteiger partial charge in [-0.25, -0.2) is 26.7 Å². The molecule has 0 saturated heterocycles. The molecule has 1 aliphatic rings. The van der Waals surface area contributed by atoms with E-state index in [-0.39, 0.29) is 15.6 Å². The summed E-state index contributed by atoms with van der Waals surface area (Å²) in [7, 11) is -1.59. The van der Waals surface area contributed by atoms with E-state index in [1.165, 1.54) is 18.5 Å². The summed E-state index contributed by atoms with van der Waals surface area (Å²) in [5.74, 6) is -3.68. The number of carbonyl (C=O) groups is 1. The Kier molecular flexibility index (Phi) is 4.04. The first-order valence-corrected chi connectivity index (χ1v) is 8.12. The fraction of sp³-hybridized carbons (Fsp3) is 0.583. The molecule has 0 spiro atoms. The third-order valence-electron chi connectivity index (χ3n) is 3.43. The lowest BCUT2D eigenvalue weighted by Gasteiger charge is -2.44. The van der Waals surface area contributed by atoms with E-state index in [4.69, 9.17) is 11.6 Å². The van der Waals surface area contributed by atoms with Gasteiger partial charge in [-0.15, -0.1) is 0 Å². The third kappa shape index (κ3) is 2.97. The number of halogens is 3. The number of alkyl halides is 2. The van der Waals surface area contributed by atoms with E-state index < -0.39 is 40.3 Å². The zero-order valence-corrected chi connectivity index (χ0v) is 13.7. The molecule has 1 N–H and O–H groups in total. The molecule has 22 heavy (non-hydrogen) atoms. The van der Waals surface area contributed by atoms with Gasteiger partial charge in [-0.2, -0.15) is 0 Å². The predicted molar refractivity (Wildman–Crippen MR) is 74.7 cm³/mol. The molecule has 10 heteroatoms. The van der Waals surface area contributed by atoms with Crippen LogP contribution in [0.3, 0.4) is 0 Å². The van der Waals surface area contributed by atoms with Gasteiger partial charge in [0.15, 0.2) is 0 Å². The number of rotatable bonds is 4. The quantitative estimate of drug-likeness (QED) is 0.836. The van der Waals surface area contributed by atoms with Crippen LogP contribution in [0.5, 0.6) is 0 Å². The van der Waals surface area contributed by atoms with Gasteiger partial charge in [0, 0.05) is 31.6 Å². The van der Waals surface area contributed by atoms with Crippen molar-refractivity contribution in [3.05, 3.63) is 16.9 Å². The standard InChI is InChI=1S/C12H15ClF2N2O4S/c1-11(5-12(14,15)6-11)16-22(19,20)7-4-17(2)9(8(7)13)10(18)21-3/h4,16H,5-6H2,1-3H3. The number of esters is 1. The molecule has 0 atom stereocenters. The summed E-state index contributed by atoms with van der Waals surface area (Å²) in [4.78, 5) is 11.2. The number of carbonyl (C=O) groups excluding carboxylic acids is 1. The Hall–Kier alpha value is -1.19. The zero-order valence-electron chi connectivity index (χ0n) is 12.1. The van der Waals surface area contributed by atoms with E-state index in [1.54, 1.807) is 0 Å². The number of methoxy groups -OCH3 is 1. The van der Waals surface area contributed by atoms with Crippen molar-refractivity contribution < 1.29 is 26.7 Å². The van der Waals surface area contributed by atoms with Gasteiger partial charge in [-0.3, -0.25) is 0 Å². The number of sulfonamides is 1. The van der Waals surface area contributed by atoms with Gasteiger partial charge >= 0.3 is 5.97 Å². The number of nitrogens with one attached hydrogen (secondary N) is 1. The molecule has 1 fully saturated rings. The molecule has 0 amide bonds. The molecule has 0 aromatic carbocycles. The summed E-state index contributed by atoms with van der Waals surface area (Å²) in [6.07, 6.45) is -0.0435. The van der Waals surface area contributed by atoms with Crippen LogP contribution in [0.25, 0.3) is 0 Å². The van der Waals surface area contributed by atoms with Crippen LogP contribution in [-0.2, 0) is 21.8 Å². The van der Waals surface area contributed by atoms with Crippen molar-refractivity contribution in [3.8, 4) is 0 Å². The molecule has 0 bridgehead atoms. The maximum atomic E-state index is 13.0. The van der Waals surface area contributed by atoms with Gasteiger partial charge in [-0.1, -0.05) is 11.6 Å². The number of hydrogen-bond acceptors (Lipinski definition) is 4. The maximum absolute atomic E-state index is 13.0. The highest BCUT2D eigenvalue weighted by Crippen LogP contribution is 2.46. The normalized spacial score (nSPS) is 19.5.